The lowest BCUT2D eigenvalue weighted by Gasteiger charge is -2.29. The number of hydrogen-bond donors (Lipinski definition) is 0. The fraction of sp³-hybridized carbons (Fsp3) is 0.529. The number of aromatic nitrogens is 2. The molecular formula is C17H22FN3O. The molecule has 118 valence electrons. The van der Waals surface area contributed by atoms with E-state index < -0.39 is 0 Å². The Morgan fingerprint density at radius 3 is 3.00 bits per heavy atom. The van der Waals surface area contributed by atoms with Crippen LogP contribution in [-0.4, -0.2) is 21.6 Å². The SMILES string of the molecule is CCc1nc(CN2CCCCCC2c2cccc(F)c2)no1. The first kappa shape index (κ1) is 15.2. The molecule has 0 bridgehead atoms. The molecule has 0 amide bonds. The Bertz CT molecular complexity index is 613. The van der Waals surface area contributed by atoms with Gasteiger partial charge in [-0.3, -0.25) is 4.90 Å². The van der Waals surface area contributed by atoms with Crippen LogP contribution >= 0.6 is 0 Å². The summed E-state index contributed by atoms with van der Waals surface area (Å²) in [6.07, 6.45) is 5.34. The minimum Gasteiger partial charge on any atom is -0.339 e. The number of rotatable bonds is 4. The molecule has 0 saturated carbocycles. The highest BCUT2D eigenvalue weighted by molar-refractivity contribution is 5.20. The zero-order valence-corrected chi connectivity index (χ0v) is 13.0. The molecule has 1 atom stereocenters. The van der Waals surface area contributed by atoms with Crippen LogP contribution in [0.5, 0.6) is 0 Å². The molecule has 0 N–H and O–H groups in total. The van der Waals surface area contributed by atoms with Gasteiger partial charge in [-0.05, 0) is 37.1 Å². The summed E-state index contributed by atoms with van der Waals surface area (Å²) >= 11 is 0. The third-order valence-electron chi connectivity index (χ3n) is 4.25. The lowest BCUT2D eigenvalue weighted by Crippen LogP contribution is -2.28. The first-order valence-electron chi connectivity index (χ1n) is 8.07. The van der Waals surface area contributed by atoms with E-state index in [4.69, 9.17) is 4.52 Å². The van der Waals surface area contributed by atoms with E-state index in [2.05, 4.69) is 15.0 Å². The van der Waals surface area contributed by atoms with E-state index in [1.54, 1.807) is 12.1 Å². The van der Waals surface area contributed by atoms with Crippen LogP contribution in [0.15, 0.2) is 28.8 Å². The predicted octanol–water partition coefficient (Wildman–Crippen LogP) is 3.89. The summed E-state index contributed by atoms with van der Waals surface area (Å²) in [6.45, 7) is 3.64. The van der Waals surface area contributed by atoms with Crippen LogP contribution in [-0.2, 0) is 13.0 Å². The number of likely N-dealkylation sites (tertiary alicyclic amines) is 1. The highest BCUT2D eigenvalue weighted by Crippen LogP contribution is 2.31. The summed E-state index contributed by atoms with van der Waals surface area (Å²) in [6, 6.07) is 7.17. The van der Waals surface area contributed by atoms with Crippen LogP contribution in [0, 0.1) is 5.82 Å². The number of hydrogen-bond acceptors (Lipinski definition) is 4. The maximum atomic E-state index is 13.6. The number of nitrogens with zero attached hydrogens (tertiary/aromatic N) is 3. The van der Waals surface area contributed by atoms with Crippen LogP contribution < -0.4 is 0 Å². The van der Waals surface area contributed by atoms with Crippen molar-refractivity contribution in [3.8, 4) is 0 Å². The van der Waals surface area contributed by atoms with Gasteiger partial charge >= 0.3 is 0 Å². The number of aryl methyl sites for hydroxylation is 1. The van der Waals surface area contributed by atoms with Gasteiger partial charge in [0, 0.05) is 12.5 Å². The average molecular weight is 303 g/mol. The summed E-state index contributed by atoms with van der Waals surface area (Å²) in [5.74, 6) is 1.22. The molecule has 0 aliphatic carbocycles. The smallest absolute Gasteiger partial charge is 0.226 e. The molecule has 2 aromatic rings. The predicted molar refractivity (Wildman–Crippen MR) is 81.7 cm³/mol. The van der Waals surface area contributed by atoms with Crippen LogP contribution in [0.25, 0.3) is 0 Å². The maximum absolute atomic E-state index is 13.6. The Morgan fingerprint density at radius 1 is 1.32 bits per heavy atom. The van der Waals surface area contributed by atoms with Crippen molar-refractivity contribution in [1.82, 2.24) is 15.0 Å². The molecular weight excluding hydrogens is 281 g/mol. The van der Waals surface area contributed by atoms with Gasteiger partial charge in [0.2, 0.25) is 5.89 Å². The van der Waals surface area contributed by atoms with Gasteiger partial charge in [0.05, 0.1) is 6.54 Å². The number of halogens is 1. The Labute approximate surface area is 130 Å². The molecule has 2 heterocycles. The van der Waals surface area contributed by atoms with Crippen molar-refractivity contribution in [3.05, 3.63) is 47.4 Å². The van der Waals surface area contributed by atoms with Crippen LogP contribution in [0.1, 0.15) is 55.9 Å². The fourth-order valence-electron chi connectivity index (χ4n) is 3.13. The van der Waals surface area contributed by atoms with Gasteiger partial charge in [-0.25, -0.2) is 4.39 Å². The first-order valence-corrected chi connectivity index (χ1v) is 8.07. The Balaban J connectivity index is 1.81. The van der Waals surface area contributed by atoms with E-state index in [0.717, 1.165) is 37.2 Å². The van der Waals surface area contributed by atoms with Crippen molar-refractivity contribution >= 4 is 0 Å². The van der Waals surface area contributed by atoms with Crippen molar-refractivity contribution in [1.29, 1.82) is 0 Å². The lowest BCUT2D eigenvalue weighted by atomic mass is 10.0. The van der Waals surface area contributed by atoms with Crippen LogP contribution in [0.2, 0.25) is 0 Å². The Hall–Kier alpha value is -1.75. The molecule has 4 nitrogen and oxygen atoms in total. The molecule has 22 heavy (non-hydrogen) atoms. The van der Waals surface area contributed by atoms with Crippen LogP contribution in [0.4, 0.5) is 4.39 Å². The van der Waals surface area contributed by atoms with Crippen molar-refractivity contribution in [2.75, 3.05) is 6.54 Å². The highest BCUT2D eigenvalue weighted by atomic mass is 19.1. The van der Waals surface area contributed by atoms with Gasteiger partial charge < -0.3 is 4.52 Å². The minimum absolute atomic E-state index is 0.172. The normalized spacial score (nSPS) is 20.0. The minimum atomic E-state index is -0.172. The van der Waals surface area contributed by atoms with Crippen LogP contribution in [0.3, 0.4) is 0 Å². The standard InChI is InChI=1S/C17H22FN3O/c1-2-17-19-16(20-22-17)12-21-10-5-3-4-9-15(21)13-7-6-8-14(18)11-13/h6-8,11,15H,2-5,9-10,12H2,1H3. The summed E-state index contributed by atoms with van der Waals surface area (Å²) < 4.78 is 18.8. The maximum Gasteiger partial charge on any atom is 0.226 e. The van der Waals surface area contributed by atoms with E-state index >= 15 is 0 Å². The van der Waals surface area contributed by atoms with E-state index in [1.165, 1.54) is 18.9 Å². The molecule has 0 spiro atoms. The third kappa shape index (κ3) is 3.53. The molecule has 1 aliphatic rings. The second-order valence-electron chi connectivity index (χ2n) is 5.85. The van der Waals surface area contributed by atoms with E-state index in [0.29, 0.717) is 12.4 Å². The van der Waals surface area contributed by atoms with Gasteiger partial charge in [0.1, 0.15) is 5.82 Å². The summed E-state index contributed by atoms with van der Waals surface area (Å²) in [7, 11) is 0. The zero-order chi connectivity index (χ0) is 15.4. The average Bonchev–Trinajstić information content (AvgIpc) is 2.85. The first-order chi connectivity index (χ1) is 10.8. The summed E-state index contributed by atoms with van der Waals surface area (Å²) in [5, 5.41) is 4.06. The van der Waals surface area contributed by atoms with Gasteiger partial charge in [-0.1, -0.05) is 37.1 Å². The van der Waals surface area contributed by atoms with Crippen molar-refractivity contribution < 1.29 is 8.91 Å². The van der Waals surface area contributed by atoms with Gasteiger partial charge in [0.25, 0.3) is 0 Å². The largest absolute Gasteiger partial charge is 0.339 e. The second kappa shape index (κ2) is 7.01. The Morgan fingerprint density at radius 2 is 2.23 bits per heavy atom. The van der Waals surface area contributed by atoms with Gasteiger partial charge in [0.15, 0.2) is 5.82 Å². The molecule has 1 aromatic carbocycles. The quantitative estimate of drug-likeness (QED) is 0.859. The van der Waals surface area contributed by atoms with Gasteiger partial charge in [-0.2, -0.15) is 4.98 Å². The van der Waals surface area contributed by atoms with E-state index in [9.17, 15) is 4.39 Å². The van der Waals surface area contributed by atoms with Crippen molar-refractivity contribution in [2.24, 2.45) is 0 Å². The van der Waals surface area contributed by atoms with E-state index in [-0.39, 0.29) is 11.9 Å². The van der Waals surface area contributed by atoms with Crippen molar-refractivity contribution in [2.45, 2.75) is 51.6 Å². The third-order valence-corrected chi connectivity index (χ3v) is 4.25. The molecule has 1 aromatic heterocycles. The summed E-state index contributed by atoms with van der Waals surface area (Å²) in [4.78, 5) is 6.76. The molecule has 5 heteroatoms. The lowest BCUT2D eigenvalue weighted by molar-refractivity contribution is 0.185. The second-order valence-corrected chi connectivity index (χ2v) is 5.85. The van der Waals surface area contributed by atoms with E-state index in [1.807, 2.05) is 13.0 Å². The molecule has 1 aliphatic heterocycles. The molecule has 1 saturated heterocycles. The highest BCUT2D eigenvalue weighted by Gasteiger charge is 2.24. The molecule has 0 radical (unpaired) electrons. The van der Waals surface area contributed by atoms with Gasteiger partial charge in [-0.15, -0.1) is 0 Å². The Kier molecular flexibility index (Phi) is 4.83. The van der Waals surface area contributed by atoms with Crippen molar-refractivity contribution in [3.63, 3.8) is 0 Å². The molecule has 1 unspecified atom stereocenters. The summed E-state index contributed by atoms with van der Waals surface area (Å²) in [5.41, 5.74) is 1.04. The molecule has 1 fully saturated rings. The number of benzene rings is 1. The fourth-order valence-corrected chi connectivity index (χ4v) is 3.13. The monoisotopic (exact) mass is 303 g/mol. The topological polar surface area (TPSA) is 42.2 Å². The molecule has 3 rings (SSSR count). The zero-order valence-electron chi connectivity index (χ0n) is 13.0.